The average Bonchev–Trinajstić information content (AvgIpc) is 3.06. The Morgan fingerprint density at radius 1 is 1.09 bits per heavy atom. The van der Waals surface area contributed by atoms with Gasteiger partial charge in [-0.1, -0.05) is 19.4 Å². The van der Waals surface area contributed by atoms with E-state index in [-0.39, 0.29) is 16.8 Å². The number of carbonyl (C=O) groups is 2. The van der Waals surface area contributed by atoms with Gasteiger partial charge in [0, 0.05) is 24.2 Å². The Hall–Kier alpha value is -3.88. The maximum absolute atomic E-state index is 13.0. The average molecular weight is 440 g/mol. The lowest BCUT2D eigenvalue weighted by atomic mass is 9.95. The van der Waals surface area contributed by atoms with Crippen molar-refractivity contribution in [3.63, 3.8) is 0 Å². The predicted octanol–water partition coefficient (Wildman–Crippen LogP) is 3.83. The van der Waals surface area contributed by atoms with Gasteiger partial charge < -0.3 is 19.5 Å². The second-order valence-corrected chi connectivity index (χ2v) is 7.26. The molecule has 1 heterocycles. The molecule has 9 nitrogen and oxygen atoms in total. The molecule has 1 N–H and O–H groups in total. The van der Waals surface area contributed by atoms with Gasteiger partial charge in [0.05, 0.1) is 30.8 Å². The molecule has 2 aromatic carbocycles. The standard InChI is InChI=1S/C23H24N2O7/c1-4-5-12-24-20(15-8-11-17(31-2)18(13-15)32-3)19(22(27)23(24)28)21(26)14-6-9-16(10-7-14)25(29)30/h6-11,13,20,26H,4-5,12H2,1-3H3/b21-19+. The Labute approximate surface area is 185 Å². The van der Waals surface area contributed by atoms with Crippen molar-refractivity contribution in [3.05, 3.63) is 69.3 Å². The molecular weight excluding hydrogens is 416 g/mol. The van der Waals surface area contributed by atoms with Gasteiger partial charge in [-0.25, -0.2) is 0 Å². The Morgan fingerprint density at radius 3 is 2.31 bits per heavy atom. The van der Waals surface area contributed by atoms with Gasteiger partial charge in [0.2, 0.25) is 0 Å². The van der Waals surface area contributed by atoms with E-state index in [1.54, 1.807) is 18.2 Å². The molecule has 2 aromatic rings. The summed E-state index contributed by atoms with van der Waals surface area (Å²) in [5.74, 6) is -1.01. The number of aliphatic hydroxyl groups is 1. The summed E-state index contributed by atoms with van der Waals surface area (Å²) in [5, 5.41) is 21.9. The third-order valence-electron chi connectivity index (χ3n) is 5.37. The SMILES string of the molecule is CCCCN1C(=O)C(=O)/C(=C(/O)c2ccc([N+](=O)[O-])cc2)C1c1ccc(OC)c(OC)c1. The van der Waals surface area contributed by atoms with E-state index in [1.807, 2.05) is 6.92 Å². The van der Waals surface area contributed by atoms with Crippen molar-refractivity contribution in [2.45, 2.75) is 25.8 Å². The van der Waals surface area contributed by atoms with Crippen LogP contribution in [0, 0.1) is 10.1 Å². The van der Waals surface area contributed by atoms with Crippen molar-refractivity contribution < 1.29 is 29.1 Å². The molecule has 0 aromatic heterocycles. The largest absolute Gasteiger partial charge is 0.507 e. The van der Waals surface area contributed by atoms with Crippen LogP contribution in [-0.2, 0) is 9.59 Å². The Kier molecular flexibility index (Phi) is 6.77. The van der Waals surface area contributed by atoms with Crippen molar-refractivity contribution in [2.24, 2.45) is 0 Å². The summed E-state index contributed by atoms with van der Waals surface area (Å²) in [7, 11) is 2.98. The molecule has 0 saturated carbocycles. The van der Waals surface area contributed by atoms with Crippen LogP contribution in [0.2, 0.25) is 0 Å². The zero-order valence-electron chi connectivity index (χ0n) is 18.0. The minimum absolute atomic E-state index is 0.0767. The molecule has 0 bridgehead atoms. The number of unbranched alkanes of at least 4 members (excludes halogenated alkanes) is 1. The summed E-state index contributed by atoms with van der Waals surface area (Å²) in [6, 6.07) is 9.35. The second-order valence-electron chi connectivity index (χ2n) is 7.26. The molecule has 1 unspecified atom stereocenters. The summed E-state index contributed by atoms with van der Waals surface area (Å²) in [6.45, 7) is 2.30. The number of ketones is 1. The van der Waals surface area contributed by atoms with Crippen LogP contribution in [-0.4, -0.2) is 47.4 Å². The van der Waals surface area contributed by atoms with E-state index in [2.05, 4.69) is 0 Å². The van der Waals surface area contributed by atoms with Gasteiger partial charge in [-0.3, -0.25) is 19.7 Å². The van der Waals surface area contributed by atoms with Crippen LogP contribution in [0.15, 0.2) is 48.0 Å². The molecule has 1 aliphatic rings. The van der Waals surface area contributed by atoms with Gasteiger partial charge in [0.1, 0.15) is 5.76 Å². The molecule has 1 fully saturated rings. The number of nitro benzene ring substituents is 1. The number of nitro groups is 1. The maximum Gasteiger partial charge on any atom is 0.295 e. The minimum atomic E-state index is -0.837. The minimum Gasteiger partial charge on any atom is -0.507 e. The highest BCUT2D eigenvalue weighted by atomic mass is 16.6. The first kappa shape index (κ1) is 22.8. The van der Waals surface area contributed by atoms with E-state index in [0.717, 1.165) is 6.42 Å². The highest BCUT2D eigenvalue weighted by molar-refractivity contribution is 6.46. The molecule has 0 aliphatic carbocycles. The van der Waals surface area contributed by atoms with Crippen LogP contribution in [0.3, 0.4) is 0 Å². The molecule has 0 radical (unpaired) electrons. The lowest BCUT2D eigenvalue weighted by Crippen LogP contribution is -2.30. The first-order valence-electron chi connectivity index (χ1n) is 10.1. The van der Waals surface area contributed by atoms with E-state index >= 15 is 0 Å². The Morgan fingerprint density at radius 2 is 1.75 bits per heavy atom. The van der Waals surface area contributed by atoms with Gasteiger partial charge in [-0.05, 0) is 36.2 Å². The van der Waals surface area contributed by atoms with Crippen LogP contribution < -0.4 is 9.47 Å². The molecule has 1 aliphatic heterocycles. The van der Waals surface area contributed by atoms with E-state index in [4.69, 9.17) is 9.47 Å². The fourth-order valence-electron chi connectivity index (χ4n) is 3.71. The lowest BCUT2D eigenvalue weighted by molar-refractivity contribution is -0.384. The second kappa shape index (κ2) is 9.51. The first-order chi connectivity index (χ1) is 15.3. The molecule has 1 saturated heterocycles. The van der Waals surface area contributed by atoms with Crippen molar-refractivity contribution in [1.82, 2.24) is 4.90 Å². The summed E-state index contributed by atoms with van der Waals surface area (Å²) in [6.07, 6.45) is 1.48. The summed E-state index contributed by atoms with van der Waals surface area (Å²) in [4.78, 5) is 37.6. The van der Waals surface area contributed by atoms with Gasteiger partial charge >= 0.3 is 0 Å². The van der Waals surface area contributed by atoms with Crippen LogP contribution in [0.25, 0.3) is 5.76 Å². The van der Waals surface area contributed by atoms with Crippen molar-refractivity contribution >= 4 is 23.1 Å². The molecule has 9 heteroatoms. The van der Waals surface area contributed by atoms with Crippen molar-refractivity contribution in [3.8, 4) is 11.5 Å². The van der Waals surface area contributed by atoms with Crippen molar-refractivity contribution in [1.29, 1.82) is 0 Å². The Bertz CT molecular complexity index is 1080. The van der Waals surface area contributed by atoms with E-state index in [1.165, 1.54) is 43.4 Å². The zero-order chi connectivity index (χ0) is 23.4. The molecule has 32 heavy (non-hydrogen) atoms. The third kappa shape index (κ3) is 4.14. The fraction of sp³-hybridized carbons (Fsp3) is 0.304. The number of rotatable bonds is 8. The number of methoxy groups -OCH3 is 2. The number of nitrogens with zero attached hydrogens (tertiary/aromatic N) is 2. The molecular formula is C23H24N2O7. The predicted molar refractivity (Wildman–Crippen MR) is 117 cm³/mol. The highest BCUT2D eigenvalue weighted by Crippen LogP contribution is 2.42. The molecule has 168 valence electrons. The van der Waals surface area contributed by atoms with E-state index in [9.17, 15) is 24.8 Å². The third-order valence-corrected chi connectivity index (χ3v) is 5.37. The fourth-order valence-corrected chi connectivity index (χ4v) is 3.71. The number of amides is 1. The Balaban J connectivity index is 2.17. The zero-order valence-corrected chi connectivity index (χ0v) is 18.0. The molecule has 1 atom stereocenters. The lowest BCUT2D eigenvalue weighted by Gasteiger charge is -2.25. The quantitative estimate of drug-likeness (QED) is 0.218. The summed E-state index contributed by atoms with van der Waals surface area (Å²) in [5.41, 5.74) is 0.546. The number of non-ortho nitro benzene ring substituents is 1. The van der Waals surface area contributed by atoms with Gasteiger partial charge in [-0.2, -0.15) is 0 Å². The summed E-state index contributed by atoms with van der Waals surface area (Å²) < 4.78 is 10.6. The molecule has 1 amide bonds. The molecule has 0 spiro atoms. The number of likely N-dealkylation sites (tertiary alicyclic amines) is 1. The van der Waals surface area contributed by atoms with Crippen LogP contribution in [0.5, 0.6) is 11.5 Å². The van der Waals surface area contributed by atoms with Crippen LogP contribution in [0.1, 0.15) is 36.9 Å². The molecule has 3 rings (SSSR count). The number of hydrogen-bond acceptors (Lipinski definition) is 7. The monoisotopic (exact) mass is 440 g/mol. The van der Waals surface area contributed by atoms with Crippen LogP contribution in [0.4, 0.5) is 5.69 Å². The number of hydrogen-bond donors (Lipinski definition) is 1. The maximum atomic E-state index is 13.0. The number of carbonyl (C=O) groups excluding carboxylic acids is 2. The van der Waals surface area contributed by atoms with Gasteiger partial charge in [-0.15, -0.1) is 0 Å². The summed E-state index contributed by atoms with van der Waals surface area (Å²) >= 11 is 0. The topological polar surface area (TPSA) is 119 Å². The van der Waals surface area contributed by atoms with E-state index in [0.29, 0.717) is 30.0 Å². The normalized spacial score (nSPS) is 17.5. The number of Topliss-reactive ketones (excluding diaryl/α,β-unsaturated/α-hetero) is 1. The van der Waals surface area contributed by atoms with Crippen LogP contribution >= 0.6 is 0 Å². The van der Waals surface area contributed by atoms with Gasteiger partial charge in [0.15, 0.2) is 11.5 Å². The van der Waals surface area contributed by atoms with E-state index < -0.39 is 28.4 Å². The van der Waals surface area contributed by atoms with Crippen molar-refractivity contribution in [2.75, 3.05) is 20.8 Å². The highest BCUT2D eigenvalue weighted by Gasteiger charge is 2.46. The first-order valence-corrected chi connectivity index (χ1v) is 10.1. The number of aliphatic hydroxyl groups excluding tert-OH is 1. The smallest absolute Gasteiger partial charge is 0.295 e. The van der Waals surface area contributed by atoms with Gasteiger partial charge in [0.25, 0.3) is 17.4 Å². The number of benzene rings is 2. The number of ether oxygens (including phenoxy) is 2.